The van der Waals surface area contributed by atoms with E-state index < -0.39 is 0 Å². The largest absolute Gasteiger partial charge is 0.507 e. The third-order valence-corrected chi connectivity index (χ3v) is 2.18. The number of benzene rings is 1. The number of hydrogen-bond acceptors (Lipinski definition) is 2. The van der Waals surface area contributed by atoms with Gasteiger partial charge in [-0.25, -0.2) is 0 Å². The van der Waals surface area contributed by atoms with Crippen molar-refractivity contribution >= 4 is 34.2 Å². The van der Waals surface area contributed by atoms with Gasteiger partial charge < -0.3 is 10.2 Å². The first-order valence-electron chi connectivity index (χ1n) is 2.48. The Morgan fingerprint density at radius 2 is 1.80 bits per heavy atom. The van der Waals surface area contributed by atoms with Crippen LogP contribution < -0.4 is 0 Å². The highest BCUT2D eigenvalue weighted by Gasteiger charge is 2.02. The first-order chi connectivity index (χ1) is 4.61. The first kappa shape index (κ1) is 7.94. The van der Waals surface area contributed by atoms with Crippen molar-refractivity contribution in [2.75, 3.05) is 0 Å². The van der Waals surface area contributed by atoms with Crippen molar-refractivity contribution in [3.8, 4) is 11.5 Å². The van der Waals surface area contributed by atoms with Gasteiger partial charge in [-0.15, -0.1) is 0 Å². The Labute approximate surface area is 76.6 Å². The van der Waals surface area contributed by atoms with Gasteiger partial charge >= 0.3 is 0 Å². The van der Waals surface area contributed by atoms with E-state index in [1.165, 1.54) is 12.1 Å². The average molecular weight is 270 g/mol. The number of rotatable bonds is 0. The van der Waals surface area contributed by atoms with E-state index in [-0.39, 0.29) is 16.5 Å². The average Bonchev–Trinajstić information content (AvgIpc) is 1.84. The van der Waals surface area contributed by atoms with Crippen molar-refractivity contribution in [3.63, 3.8) is 0 Å². The van der Waals surface area contributed by atoms with Crippen molar-refractivity contribution in [1.29, 1.82) is 0 Å². The van der Waals surface area contributed by atoms with Gasteiger partial charge in [0, 0.05) is 6.07 Å². The molecule has 0 amide bonds. The summed E-state index contributed by atoms with van der Waals surface area (Å²) in [5.41, 5.74) is 0. The summed E-state index contributed by atoms with van der Waals surface area (Å²) in [5, 5.41) is 18.2. The van der Waals surface area contributed by atoms with Crippen LogP contribution in [0.2, 0.25) is 5.02 Å². The van der Waals surface area contributed by atoms with E-state index in [1.807, 2.05) is 22.6 Å². The molecule has 4 heteroatoms. The predicted molar refractivity (Wildman–Crippen MR) is 47.5 cm³/mol. The second-order valence-electron chi connectivity index (χ2n) is 1.76. The molecule has 0 spiro atoms. The van der Waals surface area contributed by atoms with Crippen LogP contribution >= 0.6 is 34.2 Å². The van der Waals surface area contributed by atoms with Crippen LogP contribution in [-0.2, 0) is 0 Å². The Kier molecular flexibility index (Phi) is 2.25. The normalized spacial score (nSPS) is 9.80. The van der Waals surface area contributed by atoms with Crippen LogP contribution in [0.3, 0.4) is 0 Å². The highest BCUT2D eigenvalue weighted by atomic mass is 127. The maximum atomic E-state index is 9.00. The molecule has 0 aliphatic heterocycles. The van der Waals surface area contributed by atoms with Crippen LogP contribution in [-0.4, -0.2) is 10.2 Å². The van der Waals surface area contributed by atoms with Crippen LogP contribution in [0.25, 0.3) is 0 Å². The minimum atomic E-state index is -0.0976. The fourth-order valence-electron chi connectivity index (χ4n) is 0.527. The molecule has 0 heterocycles. The zero-order valence-corrected chi connectivity index (χ0v) is 7.72. The van der Waals surface area contributed by atoms with Gasteiger partial charge in [-0.05, 0) is 28.7 Å². The van der Waals surface area contributed by atoms with Gasteiger partial charge in [0.2, 0.25) is 0 Å². The summed E-state index contributed by atoms with van der Waals surface area (Å²) >= 11 is 7.44. The molecule has 0 saturated heterocycles. The zero-order chi connectivity index (χ0) is 7.72. The van der Waals surface area contributed by atoms with Gasteiger partial charge in [-0.3, -0.25) is 0 Å². The number of hydrogen-bond donors (Lipinski definition) is 2. The van der Waals surface area contributed by atoms with Gasteiger partial charge in [-0.1, -0.05) is 11.6 Å². The van der Waals surface area contributed by atoms with Gasteiger partial charge in [0.15, 0.2) is 0 Å². The van der Waals surface area contributed by atoms with Crippen molar-refractivity contribution in [3.05, 3.63) is 20.7 Å². The van der Waals surface area contributed by atoms with Crippen molar-refractivity contribution in [2.24, 2.45) is 0 Å². The Morgan fingerprint density at radius 3 is 2.30 bits per heavy atom. The van der Waals surface area contributed by atoms with Crippen molar-refractivity contribution in [1.82, 2.24) is 0 Å². The molecule has 0 aromatic heterocycles. The molecule has 2 nitrogen and oxygen atoms in total. The molecule has 1 rings (SSSR count). The van der Waals surface area contributed by atoms with Crippen LogP contribution in [0, 0.1) is 3.57 Å². The molecular weight excluding hydrogens is 266 g/mol. The Morgan fingerprint density at radius 1 is 1.20 bits per heavy atom. The number of phenols is 2. The summed E-state index contributed by atoms with van der Waals surface area (Å²) in [7, 11) is 0. The quantitative estimate of drug-likeness (QED) is 0.711. The molecule has 0 atom stereocenters. The van der Waals surface area contributed by atoms with Crippen LogP contribution in [0.1, 0.15) is 0 Å². The van der Waals surface area contributed by atoms with E-state index in [2.05, 4.69) is 0 Å². The van der Waals surface area contributed by atoms with E-state index in [9.17, 15) is 0 Å². The molecule has 0 fully saturated rings. The van der Waals surface area contributed by atoms with Gasteiger partial charge in [0.05, 0.1) is 8.59 Å². The molecule has 0 unspecified atom stereocenters. The lowest BCUT2D eigenvalue weighted by Crippen LogP contribution is -1.74. The molecule has 2 N–H and O–H groups in total. The summed E-state index contributed by atoms with van der Waals surface area (Å²) < 4.78 is 0.625. The van der Waals surface area contributed by atoms with Crippen LogP contribution in [0.15, 0.2) is 12.1 Å². The molecule has 0 bridgehead atoms. The van der Waals surface area contributed by atoms with E-state index in [1.54, 1.807) is 0 Å². The fraction of sp³-hybridized carbons (Fsp3) is 0. The maximum Gasteiger partial charge on any atom is 0.137 e. The fourth-order valence-corrected chi connectivity index (χ4v) is 1.34. The Balaban J connectivity index is 3.28. The molecule has 54 valence electrons. The van der Waals surface area contributed by atoms with Crippen molar-refractivity contribution in [2.45, 2.75) is 0 Å². The molecule has 0 saturated carbocycles. The van der Waals surface area contributed by atoms with Crippen molar-refractivity contribution < 1.29 is 10.2 Å². The SMILES string of the molecule is Oc1cc(O)c(I)cc1Cl. The molecule has 10 heavy (non-hydrogen) atoms. The molecular formula is C6H4ClIO2. The van der Waals surface area contributed by atoms with Gasteiger partial charge in [0.25, 0.3) is 0 Å². The van der Waals surface area contributed by atoms with Crippen LogP contribution in [0.5, 0.6) is 11.5 Å². The first-order valence-corrected chi connectivity index (χ1v) is 3.94. The second-order valence-corrected chi connectivity index (χ2v) is 3.32. The van der Waals surface area contributed by atoms with Gasteiger partial charge in [0.1, 0.15) is 11.5 Å². The summed E-state index contributed by atoms with van der Waals surface area (Å²) in [6, 6.07) is 2.71. The summed E-state index contributed by atoms with van der Waals surface area (Å²) in [6.07, 6.45) is 0. The molecule has 1 aromatic rings. The van der Waals surface area contributed by atoms with E-state index in [4.69, 9.17) is 21.8 Å². The maximum absolute atomic E-state index is 9.00. The number of halogens is 2. The molecule has 1 aromatic carbocycles. The summed E-state index contributed by atoms with van der Waals surface area (Å²) in [6.45, 7) is 0. The van der Waals surface area contributed by atoms with Crippen LogP contribution in [0.4, 0.5) is 0 Å². The number of phenolic OH excluding ortho intramolecular Hbond substituents is 2. The molecule has 0 radical (unpaired) electrons. The number of aromatic hydroxyl groups is 2. The zero-order valence-electron chi connectivity index (χ0n) is 4.81. The molecule has 0 aliphatic rings. The highest BCUT2D eigenvalue weighted by Crippen LogP contribution is 2.31. The predicted octanol–water partition coefficient (Wildman–Crippen LogP) is 2.36. The monoisotopic (exact) mass is 270 g/mol. The summed E-state index contributed by atoms with van der Waals surface area (Å²) in [4.78, 5) is 0. The minimum Gasteiger partial charge on any atom is -0.507 e. The van der Waals surface area contributed by atoms with E-state index >= 15 is 0 Å². The third kappa shape index (κ3) is 1.46. The molecule has 0 aliphatic carbocycles. The lowest BCUT2D eigenvalue weighted by molar-refractivity contribution is 0.448. The van der Waals surface area contributed by atoms with Gasteiger partial charge in [-0.2, -0.15) is 0 Å². The smallest absolute Gasteiger partial charge is 0.137 e. The van der Waals surface area contributed by atoms with E-state index in [0.29, 0.717) is 3.57 Å². The third-order valence-electron chi connectivity index (χ3n) is 1.02. The Bertz CT molecular complexity index is 212. The summed E-state index contributed by atoms with van der Waals surface area (Å²) in [5.74, 6) is -0.0536. The topological polar surface area (TPSA) is 40.5 Å². The lowest BCUT2D eigenvalue weighted by atomic mass is 10.3. The lowest BCUT2D eigenvalue weighted by Gasteiger charge is -1.98. The highest BCUT2D eigenvalue weighted by molar-refractivity contribution is 14.1. The Hall–Kier alpha value is -0.160. The second kappa shape index (κ2) is 2.84. The minimum absolute atomic E-state index is 0.0440. The standard InChI is InChI=1S/C6H4ClIO2/c7-3-1-4(8)6(10)2-5(3)9/h1-2,9-10H. The van der Waals surface area contributed by atoms with E-state index in [0.717, 1.165) is 0 Å².